The standard InChI is InChI=1S/C20H17Cl2F3N4/c1-11(13-7-12(21)8-15(22)20(13)25)28-5-6-29-18(26-27-19(29)10-28)9-14-16(23)3-2-4-17(14)24/h2-4,7-8,11H,5-6,9-10H2,1H3. The van der Waals surface area contributed by atoms with Crippen molar-refractivity contribution >= 4 is 23.2 Å². The second kappa shape index (κ2) is 7.97. The van der Waals surface area contributed by atoms with Gasteiger partial charge < -0.3 is 4.57 Å². The Hall–Kier alpha value is -2.09. The van der Waals surface area contributed by atoms with Gasteiger partial charge in [0.25, 0.3) is 0 Å². The molecule has 2 aromatic carbocycles. The summed E-state index contributed by atoms with van der Waals surface area (Å²) in [5, 5.41) is 8.65. The summed E-state index contributed by atoms with van der Waals surface area (Å²) in [6.45, 7) is 3.39. The zero-order valence-corrected chi connectivity index (χ0v) is 17.0. The molecule has 0 fully saturated rings. The first-order valence-corrected chi connectivity index (χ1v) is 9.83. The number of hydrogen-bond acceptors (Lipinski definition) is 3. The molecule has 0 N–H and O–H groups in total. The topological polar surface area (TPSA) is 34.0 Å². The zero-order valence-electron chi connectivity index (χ0n) is 15.5. The molecule has 1 aliphatic heterocycles. The summed E-state index contributed by atoms with van der Waals surface area (Å²) in [6, 6.07) is 6.42. The summed E-state index contributed by atoms with van der Waals surface area (Å²) < 4.78 is 44.3. The van der Waals surface area contributed by atoms with Gasteiger partial charge in [-0.15, -0.1) is 10.2 Å². The van der Waals surface area contributed by atoms with Gasteiger partial charge in [0.15, 0.2) is 0 Å². The van der Waals surface area contributed by atoms with Crippen LogP contribution >= 0.6 is 23.2 Å². The zero-order chi connectivity index (χ0) is 20.7. The van der Waals surface area contributed by atoms with Crippen LogP contribution < -0.4 is 0 Å². The molecule has 9 heteroatoms. The van der Waals surface area contributed by atoms with E-state index in [4.69, 9.17) is 23.2 Å². The first kappa shape index (κ1) is 20.2. The molecular weight excluding hydrogens is 424 g/mol. The van der Waals surface area contributed by atoms with Gasteiger partial charge in [-0.05, 0) is 31.2 Å². The summed E-state index contributed by atoms with van der Waals surface area (Å²) in [5.41, 5.74) is 0.373. The minimum absolute atomic E-state index is 0.0135. The molecule has 0 bridgehead atoms. The number of fused-ring (bicyclic) bond motifs is 1. The third-order valence-corrected chi connectivity index (χ3v) is 5.77. The van der Waals surface area contributed by atoms with Crippen LogP contribution in [0.15, 0.2) is 30.3 Å². The molecule has 0 aliphatic carbocycles. The molecule has 152 valence electrons. The van der Waals surface area contributed by atoms with E-state index in [1.165, 1.54) is 24.3 Å². The minimum atomic E-state index is -0.610. The number of rotatable bonds is 4. The van der Waals surface area contributed by atoms with Crippen molar-refractivity contribution in [3.8, 4) is 0 Å². The van der Waals surface area contributed by atoms with E-state index >= 15 is 0 Å². The van der Waals surface area contributed by atoms with Gasteiger partial charge in [-0.1, -0.05) is 29.3 Å². The Kier molecular flexibility index (Phi) is 5.55. The van der Waals surface area contributed by atoms with Gasteiger partial charge in [0.1, 0.15) is 29.1 Å². The molecule has 0 spiro atoms. The van der Waals surface area contributed by atoms with E-state index in [2.05, 4.69) is 10.2 Å². The number of halogens is 5. The van der Waals surface area contributed by atoms with Crippen molar-refractivity contribution in [2.75, 3.05) is 6.54 Å². The Bertz CT molecular complexity index is 1050. The Morgan fingerprint density at radius 1 is 1.07 bits per heavy atom. The average molecular weight is 441 g/mol. The fraction of sp³-hybridized carbons (Fsp3) is 0.300. The maximum atomic E-state index is 14.5. The van der Waals surface area contributed by atoms with Crippen LogP contribution in [0.25, 0.3) is 0 Å². The molecule has 0 radical (unpaired) electrons. The lowest BCUT2D eigenvalue weighted by Crippen LogP contribution is -2.36. The van der Waals surface area contributed by atoms with Crippen LogP contribution in [-0.2, 0) is 19.5 Å². The van der Waals surface area contributed by atoms with Crippen molar-refractivity contribution in [2.45, 2.75) is 32.5 Å². The van der Waals surface area contributed by atoms with Gasteiger partial charge in [-0.3, -0.25) is 4.90 Å². The summed E-state index contributed by atoms with van der Waals surface area (Å²) in [7, 11) is 0. The third kappa shape index (κ3) is 3.86. The fourth-order valence-corrected chi connectivity index (χ4v) is 4.14. The van der Waals surface area contributed by atoms with Gasteiger partial charge in [0.05, 0.1) is 11.6 Å². The Labute approximate surface area is 175 Å². The Morgan fingerprint density at radius 2 is 1.79 bits per heavy atom. The normalized spacial score (nSPS) is 15.4. The molecule has 4 rings (SSSR count). The lowest BCUT2D eigenvalue weighted by Gasteiger charge is -2.33. The van der Waals surface area contributed by atoms with Crippen molar-refractivity contribution < 1.29 is 13.2 Å². The number of hydrogen-bond donors (Lipinski definition) is 0. The molecule has 4 nitrogen and oxygen atoms in total. The third-order valence-electron chi connectivity index (χ3n) is 5.27. The predicted molar refractivity (Wildman–Crippen MR) is 104 cm³/mol. The molecule has 0 saturated carbocycles. The van der Waals surface area contributed by atoms with Crippen LogP contribution in [0.3, 0.4) is 0 Å². The lowest BCUT2D eigenvalue weighted by atomic mass is 10.1. The van der Waals surface area contributed by atoms with E-state index < -0.39 is 17.5 Å². The molecule has 1 atom stereocenters. The summed E-state index contributed by atoms with van der Waals surface area (Å²) in [6.07, 6.45) is 0.0135. The largest absolute Gasteiger partial charge is 0.312 e. The molecule has 1 unspecified atom stereocenters. The van der Waals surface area contributed by atoms with E-state index in [0.29, 0.717) is 41.9 Å². The number of benzene rings is 2. The second-order valence-corrected chi connectivity index (χ2v) is 7.84. The van der Waals surface area contributed by atoms with Crippen LogP contribution in [0.2, 0.25) is 10.0 Å². The highest BCUT2D eigenvalue weighted by Gasteiger charge is 2.28. The van der Waals surface area contributed by atoms with E-state index in [9.17, 15) is 13.2 Å². The molecular formula is C20H17Cl2F3N4. The number of nitrogens with zero attached hydrogens (tertiary/aromatic N) is 4. The van der Waals surface area contributed by atoms with E-state index in [-0.39, 0.29) is 23.0 Å². The van der Waals surface area contributed by atoms with Crippen LogP contribution in [0, 0.1) is 17.5 Å². The smallest absolute Gasteiger partial charge is 0.147 e. The van der Waals surface area contributed by atoms with Gasteiger partial charge >= 0.3 is 0 Å². The van der Waals surface area contributed by atoms with Crippen LogP contribution in [0.4, 0.5) is 13.2 Å². The monoisotopic (exact) mass is 440 g/mol. The molecule has 1 aliphatic rings. The SMILES string of the molecule is CC(c1cc(Cl)cc(Cl)c1F)N1CCn2c(Cc3c(F)cccc3F)nnc2C1. The van der Waals surface area contributed by atoms with Crippen molar-refractivity contribution in [3.05, 3.63) is 80.6 Å². The predicted octanol–water partition coefficient (Wildman–Crippen LogP) is 5.17. The highest BCUT2D eigenvalue weighted by Crippen LogP contribution is 2.32. The summed E-state index contributed by atoms with van der Waals surface area (Å²) in [4.78, 5) is 2.03. The lowest BCUT2D eigenvalue weighted by molar-refractivity contribution is 0.159. The van der Waals surface area contributed by atoms with Gasteiger partial charge in [-0.25, -0.2) is 13.2 Å². The van der Waals surface area contributed by atoms with Crippen LogP contribution in [0.5, 0.6) is 0 Å². The van der Waals surface area contributed by atoms with Crippen molar-refractivity contribution in [1.29, 1.82) is 0 Å². The fourth-order valence-electron chi connectivity index (χ4n) is 3.63. The maximum Gasteiger partial charge on any atom is 0.147 e. The summed E-state index contributed by atoms with van der Waals surface area (Å²) in [5.74, 6) is -0.563. The van der Waals surface area contributed by atoms with Crippen molar-refractivity contribution in [3.63, 3.8) is 0 Å². The first-order valence-electron chi connectivity index (χ1n) is 9.07. The highest BCUT2D eigenvalue weighted by atomic mass is 35.5. The molecule has 29 heavy (non-hydrogen) atoms. The Morgan fingerprint density at radius 3 is 2.52 bits per heavy atom. The quantitative estimate of drug-likeness (QED) is 0.524. The molecule has 2 heterocycles. The van der Waals surface area contributed by atoms with E-state index in [1.807, 2.05) is 16.4 Å². The average Bonchev–Trinajstić information content (AvgIpc) is 3.09. The Balaban J connectivity index is 1.56. The van der Waals surface area contributed by atoms with Gasteiger partial charge in [0.2, 0.25) is 0 Å². The van der Waals surface area contributed by atoms with Crippen molar-refractivity contribution in [1.82, 2.24) is 19.7 Å². The molecule has 1 aromatic heterocycles. The van der Waals surface area contributed by atoms with Gasteiger partial charge in [0, 0.05) is 41.7 Å². The molecule has 3 aromatic rings. The van der Waals surface area contributed by atoms with Crippen LogP contribution in [0.1, 0.15) is 35.7 Å². The van der Waals surface area contributed by atoms with E-state index in [0.717, 1.165) is 0 Å². The summed E-state index contributed by atoms with van der Waals surface area (Å²) >= 11 is 12.0. The van der Waals surface area contributed by atoms with Crippen LogP contribution in [-0.4, -0.2) is 26.2 Å². The van der Waals surface area contributed by atoms with Gasteiger partial charge in [-0.2, -0.15) is 0 Å². The highest BCUT2D eigenvalue weighted by molar-refractivity contribution is 6.34. The first-order chi connectivity index (χ1) is 13.8. The molecule has 0 saturated heterocycles. The van der Waals surface area contributed by atoms with E-state index in [1.54, 1.807) is 6.07 Å². The molecule has 0 amide bonds. The van der Waals surface area contributed by atoms with Crippen molar-refractivity contribution in [2.24, 2.45) is 0 Å². The minimum Gasteiger partial charge on any atom is -0.312 e. The second-order valence-electron chi connectivity index (χ2n) is 7.00. The number of aromatic nitrogens is 3. The maximum absolute atomic E-state index is 14.5.